The van der Waals surface area contributed by atoms with Crippen LogP contribution in [0.5, 0.6) is 0 Å². The Bertz CT molecular complexity index is 540. The molecule has 1 aromatic rings. The zero-order chi connectivity index (χ0) is 15.9. The molecular formula is C16H20N2O3. The number of benzene rings is 1. The molecule has 0 atom stereocenters. The van der Waals surface area contributed by atoms with Crippen molar-refractivity contribution in [1.82, 2.24) is 0 Å². The Morgan fingerprint density at radius 1 is 1.19 bits per heavy atom. The van der Waals surface area contributed by atoms with Gasteiger partial charge in [-0.15, -0.1) is 0 Å². The first kappa shape index (κ1) is 16.7. The monoisotopic (exact) mass is 288 g/mol. The maximum absolute atomic E-state index is 12.2. The standard InChI is InChI=1S/C16H20N2O3/c1-4-16(5-2,11-17)15(20)18-13-9-7-12(8-10-13)14(19)21-6-3/h7-10H,4-6H2,1-3H3,(H,18,20). The van der Waals surface area contributed by atoms with Crippen LogP contribution in [0.3, 0.4) is 0 Å². The summed E-state index contributed by atoms with van der Waals surface area (Å²) in [5.41, 5.74) is -0.0400. The molecular weight excluding hydrogens is 268 g/mol. The smallest absolute Gasteiger partial charge is 0.338 e. The Kier molecular flexibility index (Phi) is 5.92. The summed E-state index contributed by atoms with van der Waals surface area (Å²) in [6.45, 7) is 5.69. The molecule has 5 nitrogen and oxygen atoms in total. The summed E-state index contributed by atoms with van der Waals surface area (Å²) in [5, 5.41) is 11.9. The fraction of sp³-hybridized carbons (Fsp3) is 0.438. The maximum Gasteiger partial charge on any atom is 0.338 e. The van der Waals surface area contributed by atoms with Crippen LogP contribution >= 0.6 is 0 Å². The van der Waals surface area contributed by atoms with Gasteiger partial charge in [0.1, 0.15) is 5.41 Å². The molecule has 1 amide bonds. The van der Waals surface area contributed by atoms with Crippen LogP contribution in [0, 0.1) is 16.7 Å². The van der Waals surface area contributed by atoms with Crippen molar-refractivity contribution >= 4 is 17.6 Å². The van der Waals surface area contributed by atoms with Crippen molar-refractivity contribution in [1.29, 1.82) is 5.26 Å². The second kappa shape index (κ2) is 7.44. The first-order valence-electron chi connectivity index (χ1n) is 7.02. The number of anilines is 1. The van der Waals surface area contributed by atoms with E-state index in [0.29, 0.717) is 30.7 Å². The third-order valence-corrected chi connectivity index (χ3v) is 3.51. The molecule has 0 radical (unpaired) electrons. The fourth-order valence-corrected chi connectivity index (χ4v) is 1.93. The molecule has 0 heterocycles. The number of esters is 1. The van der Waals surface area contributed by atoms with Crippen LogP contribution in [0.2, 0.25) is 0 Å². The van der Waals surface area contributed by atoms with E-state index >= 15 is 0 Å². The minimum absolute atomic E-state index is 0.314. The number of nitriles is 1. The minimum atomic E-state index is -1.01. The van der Waals surface area contributed by atoms with Crippen LogP contribution in [0.15, 0.2) is 24.3 Å². The normalized spacial score (nSPS) is 10.6. The van der Waals surface area contributed by atoms with Crippen molar-refractivity contribution in [2.24, 2.45) is 5.41 Å². The molecule has 1 N–H and O–H groups in total. The van der Waals surface area contributed by atoms with E-state index in [1.807, 2.05) is 13.8 Å². The average Bonchev–Trinajstić information content (AvgIpc) is 2.50. The lowest BCUT2D eigenvalue weighted by molar-refractivity contribution is -0.123. The van der Waals surface area contributed by atoms with Gasteiger partial charge in [-0.3, -0.25) is 4.79 Å². The van der Waals surface area contributed by atoms with Crippen LogP contribution in [0.25, 0.3) is 0 Å². The number of amides is 1. The second-order valence-electron chi connectivity index (χ2n) is 4.65. The Morgan fingerprint density at radius 3 is 2.19 bits per heavy atom. The van der Waals surface area contributed by atoms with Crippen LogP contribution in [0.1, 0.15) is 44.0 Å². The van der Waals surface area contributed by atoms with E-state index in [0.717, 1.165) is 0 Å². The molecule has 5 heteroatoms. The lowest BCUT2D eigenvalue weighted by Crippen LogP contribution is -2.33. The Balaban J connectivity index is 2.83. The summed E-state index contributed by atoms with van der Waals surface area (Å²) in [6, 6.07) is 8.51. The summed E-state index contributed by atoms with van der Waals surface area (Å²) in [7, 11) is 0. The Morgan fingerprint density at radius 2 is 1.76 bits per heavy atom. The van der Waals surface area contributed by atoms with Gasteiger partial charge in [-0.25, -0.2) is 4.79 Å². The molecule has 0 fully saturated rings. The summed E-state index contributed by atoms with van der Waals surface area (Å²) in [6.07, 6.45) is 0.902. The van der Waals surface area contributed by atoms with Gasteiger partial charge in [0, 0.05) is 5.69 Å². The third kappa shape index (κ3) is 3.82. The summed E-state index contributed by atoms with van der Waals surface area (Å²) >= 11 is 0. The van der Waals surface area contributed by atoms with E-state index in [4.69, 9.17) is 4.74 Å². The highest BCUT2D eigenvalue weighted by atomic mass is 16.5. The van der Waals surface area contributed by atoms with Gasteiger partial charge < -0.3 is 10.1 Å². The zero-order valence-electron chi connectivity index (χ0n) is 12.6. The van der Waals surface area contributed by atoms with Gasteiger partial charge in [-0.1, -0.05) is 13.8 Å². The molecule has 21 heavy (non-hydrogen) atoms. The van der Waals surface area contributed by atoms with Crippen LogP contribution in [-0.2, 0) is 9.53 Å². The number of hydrogen-bond acceptors (Lipinski definition) is 4. The topological polar surface area (TPSA) is 79.2 Å². The summed E-state index contributed by atoms with van der Waals surface area (Å²) in [4.78, 5) is 23.7. The second-order valence-corrected chi connectivity index (χ2v) is 4.65. The van der Waals surface area contributed by atoms with Gasteiger partial charge in [0.2, 0.25) is 5.91 Å². The molecule has 0 bridgehead atoms. The van der Waals surface area contributed by atoms with Crippen molar-refractivity contribution in [3.8, 4) is 6.07 Å². The fourth-order valence-electron chi connectivity index (χ4n) is 1.93. The van der Waals surface area contributed by atoms with Gasteiger partial charge in [0.05, 0.1) is 18.2 Å². The number of hydrogen-bond donors (Lipinski definition) is 1. The first-order valence-corrected chi connectivity index (χ1v) is 7.02. The van der Waals surface area contributed by atoms with E-state index in [2.05, 4.69) is 11.4 Å². The van der Waals surface area contributed by atoms with Crippen molar-refractivity contribution in [2.45, 2.75) is 33.6 Å². The van der Waals surface area contributed by atoms with E-state index in [-0.39, 0.29) is 5.91 Å². The molecule has 112 valence electrons. The lowest BCUT2D eigenvalue weighted by Gasteiger charge is -2.22. The lowest BCUT2D eigenvalue weighted by atomic mass is 9.83. The molecule has 0 saturated heterocycles. The molecule has 0 unspecified atom stereocenters. The molecule has 0 aliphatic rings. The van der Waals surface area contributed by atoms with Gasteiger partial charge in [0.15, 0.2) is 0 Å². The number of nitrogens with one attached hydrogen (secondary N) is 1. The van der Waals surface area contributed by atoms with Gasteiger partial charge in [-0.05, 0) is 44.0 Å². The summed E-state index contributed by atoms with van der Waals surface area (Å²) < 4.78 is 4.89. The van der Waals surface area contributed by atoms with Crippen LogP contribution < -0.4 is 5.32 Å². The van der Waals surface area contributed by atoms with E-state index in [1.165, 1.54) is 0 Å². The number of carbonyl (C=O) groups excluding carboxylic acids is 2. The molecule has 0 saturated carbocycles. The number of rotatable bonds is 6. The van der Waals surface area contributed by atoms with Crippen molar-refractivity contribution in [2.75, 3.05) is 11.9 Å². The van der Waals surface area contributed by atoms with E-state index < -0.39 is 11.4 Å². The highest BCUT2D eigenvalue weighted by Gasteiger charge is 2.34. The predicted molar refractivity (Wildman–Crippen MR) is 79.7 cm³/mol. The zero-order valence-corrected chi connectivity index (χ0v) is 12.6. The Hall–Kier alpha value is -2.35. The summed E-state index contributed by atoms with van der Waals surface area (Å²) in [5.74, 6) is -0.720. The highest BCUT2D eigenvalue weighted by molar-refractivity contribution is 5.97. The number of ether oxygens (including phenoxy) is 1. The van der Waals surface area contributed by atoms with Crippen LogP contribution in [0.4, 0.5) is 5.69 Å². The molecule has 1 aromatic carbocycles. The predicted octanol–water partition coefficient (Wildman–Crippen LogP) is 3.13. The quantitative estimate of drug-likeness (QED) is 0.815. The SMILES string of the molecule is CCOC(=O)c1ccc(NC(=O)C(C#N)(CC)CC)cc1. The maximum atomic E-state index is 12.2. The minimum Gasteiger partial charge on any atom is -0.462 e. The molecule has 0 aliphatic carbocycles. The molecule has 0 spiro atoms. The number of nitrogens with zero attached hydrogens (tertiary/aromatic N) is 1. The van der Waals surface area contributed by atoms with Gasteiger partial charge in [-0.2, -0.15) is 5.26 Å². The van der Waals surface area contributed by atoms with E-state index in [1.54, 1.807) is 31.2 Å². The van der Waals surface area contributed by atoms with Crippen molar-refractivity contribution < 1.29 is 14.3 Å². The van der Waals surface area contributed by atoms with E-state index in [9.17, 15) is 14.9 Å². The van der Waals surface area contributed by atoms with Crippen molar-refractivity contribution in [3.63, 3.8) is 0 Å². The largest absolute Gasteiger partial charge is 0.462 e. The van der Waals surface area contributed by atoms with Gasteiger partial charge in [0.25, 0.3) is 0 Å². The number of carbonyl (C=O) groups is 2. The third-order valence-electron chi connectivity index (χ3n) is 3.51. The van der Waals surface area contributed by atoms with Crippen LogP contribution in [-0.4, -0.2) is 18.5 Å². The Labute approximate surface area is 124 Å². The molecule has 0 aromatic heterocycles. The van der Waals surface area contributed by atoms with Gasteiger partial charge >= 0.3 is 5.97 Å². The average molecular weight is 288 g/mol. The highest BCUT2D eigenvalue weighted by Crippen LogP contribution is 2.27. The molecule has 1 rings (SSSR count). The van der Waals surface area contributed by atoms with Crippen molar-refractivity contribution in [3.05, 3.63) is 29.8 Å². The first-order chi connectivity index (χ1) is 10.0. The molecule has 0 aliphatic heterocycles.